The fourth-order valence-electron chi connectivity index (χ4n) is 2.40. The Morgan fingerprint density at radius 3 is 2.61 bits per heavy atom. The molecule has 11 heteroatoms. The van der Waals surface area contributed by atoms with E-state index in [1.807, 2.05) is 13.8 Å². The molecule has 0 saturated heterocycles. The Morgan fingerprint density at radius 1 is 1.21 bits per heavy atom. The summed E-state index contributed by atoms with van der Waals surface area (Å²) in [5.74, 6) is -0.541. The number of hydrogen-bond acceptors (Lipinski definition) is 7. The predicted molar refractivity (Wildman–Crippen MR) is 107 cm³/mol. The summed E-state index contributed by atoms with van der Waals surface area (Å²) in [5.41, 5.74) is 2.38. The summed E-state index contributed by atoms with van der Waals surface area (Å²) in [6.45, 7) is 4.67. The SMILES string of the molecule is Cc1nn(Cc2noc(C(=O)NCCNC(=O)c3cccnc3)n2)c(C)c1I. The van der Waals surface area contributed by atoms with Gasteiger partial charge in [-0.05, 0) is 48.6 Å². The van der Waals surface area contributed by atoms with Crippen LogP contribution in [0.4, 0.5) is 0 Å². The molecule has 3 rings (SSSR count). The van der Waals surface area contributed by atoms with Crippen molar-refractivity contribution in [3.05, 3.63) is 56.8 Å². The predicted octanol–water partition coefficient (Wildman–Crippen LogP) is 1.09. The van der Waals surface area contributed by atoms with Crippen molar-refractivity contribution in [1.29, 1.82) is 0 Å². The van der Waals surface area contributed by atoms with E-state index >= 15 is 0 Å². The molecule has 0 aliphatic rings. The second-order valence-electron chi connectivity index (χ2n) is 5.91. The first-order valence-corrected chi connectivity index (χ1v) is 9.52. The van der Waals surface area contributed by atoms with E-state index in [0.29, 0.717) is 17.9 Å². The number of halogens is 1. The number of amides is 2. The van der Waals surface area contributed by atoms with E-state index in [-0.39, 0.29) is 24.9 Å². The van der Waals surface area contributed by atoms with Crippen LogP contribution in [0.2, 0.25) is 0 Å². The zero-order chi connectivity index (χ0) is 20.1. The maximum absolute atomic E-state index is 12.1. The number of nitrogens with zero attached hydrogens (tertiary/aromatic N) is 5. The molecule has 0 fully saturated rings. The third kappa shape index (κ3) is 4.71. The summed E-state index contributed by atoms with van der Waals surface area (Å²) in [7, 11) is 0. The first-order chi connectivity index (χ1) is 13.5. The zero-order valence-electron chi connectivity index (χ0n) is 15.3. The maximum atomic E-state index is 12.1. The highest BCUT2D eigenvalue weighted by molar-refractivity contribution is 14.1. The molecule has 0 atom stereocenters. The van der Waals surface area contributed by atoms with Gasteiger partial charge in [0.05, 0.1) is 14.8 Å². The van der Waals surface area contributed by atoms with Gasteiger partial charge < -0.3 is 15.2 Å². The van der Waals surface area contributed by atoms with E-state index in [1.54, 1.807) is 23.0 Å². The van der Waals surface area contributed by atoms with E-state index < -0.39 is 5.91 Å². The fraction of sp³-hybridized carbons (Fsp3) is 0.294. The van der Waals surface area contributed by atoms with Crippen LogP contribution in [0.3, 0.4) is 0 Å². The smallest absolute Gasteiger partial charge is 0.316 e. The molecule has 146 valence electrons. The monoisotopic (exact) mass is 495 g/mol. The van der Waals surface area contributed by atoms with Gasteiger partial charge in [0.25, 0.3) is 5.91 Å². The number of rotatable bonds is 7. The molecule has 0 saturated carbocycles. The minimum absolute atomic E-state index is 0.134. The topological polar surface area (TPSA) is 128 Å². The molecule has 0 aliphatic heterocycles. The Kier molecular flexibility index (Phi) is 6.34. The van der Waals surface area contributed by atoms with Crippen LogP contribution in [0.25, 0.3) is 0 Å². The molecule has 0 aliphatic carbocycles. The van der Waals surface area contributed by atoms with Crippen molar-refractivity contribution in [1.82, 2.24) is 35.5 Å². The number of aryl methyl sites for hydroxylation is 1. The molecule has 2 N–H and O–H groups in total. The molecule has 10 nitrogen and oxygen atoms in total. The van der Waals surface area contributed by atoms with Gasteiger partial charge in [-0.25, -0.2) is 0 Å². The molecule has 3 aromatic rings. The Hall–Kier alpha value is -2.83. The molecular formula is C17H18IN7O3. The van der Waals surface area contributed by atoms with Crippen molar-refractivity contribution in [3.63, 3.8) is 0 Å². The van der Waals surface area contributed by atoms with Crippen LogP contribution in [0, 0.1) is 17.4 Å². The van der Waals surface area contributed by atoms with Crippen molar-refractivity contribution in [3.8, 4) is 0 Å². The van der Waals surface area contributed by atoms with Gasteiger partial charge in [-0.15, -0.1) is 0 Å². The summed E-state index contributed by atoms with van der Waals surface area (Å²) in [6, 6.07) is 3.33. The molecule has 0 aromatic carbocycles. The first-order valence-electron chi connectivity index (χ1n) is 8.44. The van der Waals surface area contributed by atoms with Crippen LogP contribution < -0.4 is 10.6 Å². The number of carbonyl (C=O) groups excluding carboxylic acids is 2. The van der Waals surface area contributed by atoms with Crippen LogP contribution >= 0.6 is 22.6 Å². The van der Waals surface area contributed by atoms with Crippen molar-refractivity contribution >= 4 is 34.4 Å². The van der Waals surface area contributed by atoms with Crippen LogP contribution in [0.5, 0.6) is 0 Å². The maximum Gasteiger partial charge on any atom is 0.316 e. The Balaban J connectivity index is 1.47. The highest BCUT2D eigenvalue weighted by atomic mass is 127. The van der Waals surface area contributed by atoms with Gasteiger partial charge >= 0.3 is 11.8 Å². The minimum atomic E-state index is -0.502. The molecule has 3 heterocycles. The van der Waals surface area contributed by atoms with Crippen LogP contribution in [-0.4, -0.2) is 49.8 Å². The number of nitrogens with one attached hydrogen (secondary N) is 2. The highest BCUT2D eigenvalue weighted by Gasteiger charge is 2.17. The number of pyridine rings is 1. The van der Waals surface area contributed by atoms with E-state index in [2.05, 4.69) is 53.4 Å². The fourth-order valence-corrected chi connectivity index (χ4v) is 2.79. The molecule has 0 spiro atoms. The Bertz CT molecular complexity index is 984. The quantitative estimate of drug-likeness (QED) is 0.371. The average molecular weight is 495 g/mol. The van der Waals surface area contributed by atoms with Crippen LogP contribution in [0.15, 0.2) is 29.0 Å². The molecule has 28 heavy (non-hydrogen) atoms. The van der Waals surface area contributed by atoms with Crippen molar-refractivity contribution in [2.24, 2.45) is 0 Å². The summed E-state index contributed by atoms with van der Waals surface area (Å²) in [6.07, 6.45) is 3.06. The number of hydrogen-bond donors (Lipinski definition) is 2. The van der Waals surface area contributed by atoms with Crippen molar-refractivity contribution in [2.45, 2.75) is 20.4 Å². The normalized spacial score (nSPS) is 10.7. The zero-order valence-corrected chi connectivity index (χ0v) is 17.4. The van der Waals surface area contributed by atoms with Gasteiger partial charge in [-0.1, -0.05) is 5.16 Å². The Morgan fingerprint density at radius 2 is 1.96 bits per heavy atom. The summed E-state index contributed by atoms with van der Waals surface area (Å²) >= 11 is 2.23. The van der Waals surface area contributed by atoms with E-state index in [1.165, 1.54) is 6.20 Å². The first kappa shape index (κ1) is 19.9. The molecule has 3 aromatic heterocycles. The highest BCUT2D eigenvalue weighted by Crippen LogP contribution is 2.15. The van der Waals surface area contributed by atoms with Crippen LogP contribution in [-0.2, 0) is 6.54 Å². The summed E-state index contributed by atoms with van der Waals surface area (Å²) in [4.78, 5) is 32.0. The third-order valence-corrected chi connectivity index (χ3v) is 5.43. The Labute approximate surface area is 174 Å². The van der Waals surface area contributed by atoms with Gasteiger partial charge in [0, 0.05) is 31.2 Å². The third-order valence-electron chi connectivity index (χ3n) is 3.87. The average Bonchev–Trinajstić information content (AvgIpc) is 3.26. The second-order valence-corrected chi connectivity index (χ2v) is 6.99. The van der Waals surface area contributed by atoms with Crippen molar-refractivity contribution in [2.75, 3.05) is 13.1 Å². The van der Waals surface area contributed by atoms with E-state index in [4.69, 9.17) is 4.52 Å². The van der Waals surface area contributed by atoms with Gasteiger partial charge in [0.2, 0.25) is 0 Å². The second kappa shape index (κ2) is 8.91. The van der Waals surface area contributed by atoms with Gasteiger partial charge in [-0.3, -0.25) is 19.3 Å². The number of carbonyl (C=O) groups is 2. The number of aromatic nitrogens is 5. The van der Waals surface area contributed by atoms with Crippen LogP contribution in [0.1, 0.15) is 38.3 Å². The molecule has 0 radical (unpaired) electrons. The molecule has 0 bridgehead atoms. The lowest BCUT2D eigenvalue weighted by molar-refractivity contribution is 0.0898. The molecular weight excluding hydrogens is 477 g/mol. The lowest BCUT2D eigenvalue weighted by Gasteiger charge is -2.05. The molecule has 2 amide bonds. The van der Waals surface area contributed by atoms with E-state index in [0.717, 1.165) is 15.0 Å². The van der Waals surface area contributed by atoms with Gasteiger partial charge in [0.15, 0.2) is 5.82 Å². The minimum Gasteiger partial charge on any atom is -0.350 e. The molecule has 0 unspecified atom stereocenters. The lowest BCUT2D eigenvalue weighted by Crippen LogP contribution is -2.34. The summed E-state index contributed by atoms with van der Waals surface area (Å²) in [5, 5.41) is 13.5. The largest absolute Gasteiger partial charge is 0.350 e. The lowest BCUT2D eigenvalue weighted by atomic mass is 10.3. The van der Waals surface area contributed by atoms with Gasteiger partial charge in [0.1, 0.15) is 6.54 Å². The summed E-state index contributed by atoms with van der Waals surface area (Å²) < 4.78 is 7.85. The van der Waals surface area contributed by atoms with Gasteiger partial charge in [-0.2, -0.15) is 10.1 Å². The van der Waals surface area contributed by atoms with E-state index in [9.17, 15) is 9.59 Å². The standard InChI is InChI=1S/C17H18IN7O3/c1-10-14(18)11(2)25(23-10)9-13-22-17(28-24-13)16(27)21-7-6-20-15(26)12-4-3-5-19-8-12/h3-5,8H,6-7,9H2,1-2H3,(H,20,26)(H,21,27). The van der Waals surface area contributed by atoms with Crippen molar-refractivity contribution < 1.29 is 14.1 Å².